The second-order valence-corrected chi connectivity index (χ2v) is 8.16. The first-order valence-electron chi connectivity index (χ1n) is 10.5. The highest BCUT2D eigenvalue weighted by atomic mass is 35.5. The molecule has 0 spiro atoms. The zero-order valence-corrected chi connectivity index (χ0v) is 19.2. The number of hydrogen-bond donors (Lipinski definition) is 1. The van der Waals surface area contributed by atoms with Gasteiger partial charge in [0.1, 0.15) is 6.10 Å². The lowest BCUT2D eigenvalue weighted by Gasteiger charge is -2.15. The van der Waals surface area contributed by atoms with Crippen molar-refractivity contribution in [3.8, 4) is 22.5 Å². The Labute approximate surface area is 201 Å². The number of carboxylic acids is 1. The number of pyridine rings is 1. The molecule has 1 N–H and O–H groups in total. The number of benzene rings is 2. The van der Waals surface area contributed by atoms with Gasteiger partial charge < -0.3 is 14.4 Å². The molecule has 2 aromatic carbocycles. The van der Waals surface area contributed by atoms with E-state index in [0.717, 1.165) is 11.1 Å². The van der Waals surface area contributed by atoms with E-state index in [4.69, 9.17) is 20.9 Å². The molecule has 0 saturated carbocycles. The third-order valence-corrected chi connectivity index (χ3v) is 5.74. The third kappa shape index (κ3) is 5.00. The summed E-state index contributed by atoms with van der Waals surface area (Å²) < 4.78 is 11.2. The van der Waals surface area contributed by atoms with Gasteiger partial charge in [-0.05, 0) is 37.6 Å². The zero-order chi connectivity index (χ0) is 24.2. The molecule has 1 atom stereocenters. The Morgan fingerprint density at radius 2 is 1.82 bits per heavy atom. The predicted octanol–water partition coefficient (Wildman–Crippen LogP) is 5.91. The van der Waals surface area contributed by atoms with Crippen LogP contribution in [0.5, 0.6) is 0 Å². The second kappa shape index (κ2) is 9.89. The minimum atomic E-state index is -1.05. The number of esters is 1. The molecule has 0 amide bonds. The topological polar surface area (TPSA) is 103 Å². The van der Waals surface area contributed by atoms with Gasteiger partial charge in [0.25, 0.3) is 0 Å². The van der Waals surface area contributed by atoms with Gasteiger partial charge in [-0.1, -0.05) is 53.2 Å². The second-order valence-electron chi connectivity index (χ2n) is 7.75. The molecule has 0 aliphatic carbocycles. The first-order valence-corrected chi connectivity index (χ1v) is 10.9. The van der Waals surface area contributed by atoms with Crippen molar-refractivity contribution in [2.75, 3.05) is 0 Å². The molecule has 0 aliphatic heterocycles. The molecule has 2 aromatic heterocycles. The van der Waals surface area contributed by atoms with Gasteiger partial charge >= 0.3 is 11.9 Å². The van der Waals surface area contributed by atoms with Crippen LogP contribution in [-0.4, -0.2) is 27.2 Å². The van der Waals surface area contributed by atoms with Crippen LogP contribution in [-0.2, 0) is 16.0 Å². The molecule has 2 heterocycles. The lowest BCUT2D eigenvalue weighted by molar-refractivity contribution is -0.147. The summed E-state index contributed by atoms with van der Waals surface area (Å²) in [5.74, 6) is -1.04. The van der Waals surface area contributed by atoms with Crippen molar-refractivity contribution < 1.29 is 24.0 Å². The van der Waals surface area contributed by atoms with E-state index in [1.807, 2.05) is 42.5 Å². The number of aromatic nitrogens is 2. The lowest BCUT2D eigenvalue weighted by Crippen LogP contribution is -2.12. The van der Waals surface area contributed by atoms with Crippen LogP contribution in [0.2, 0.25) is 5.02 Å². The Morgan fingerprint density at radius 3 is 2.59 bits per heavy atom. The Kier molecular flexibility index (Phi) is 6.75. The van der Waals surface area contributed by atoms with Crippen LogP contribution in [0.15, 0.2) is 71.5 Å². The summed E-state index contributed by atoms with van der Waals surface area (Å²) in [6, 6.07) is 16.1. The van der Waals surface area contributed by atoms with Gasteiger partial charge in [0.15, 0.2) is 5.76 Å². The fraction of sp³-hybridized carbons (Fsp3) is 0.154. The summed E-state index contributed by atoms with van der Waals surface area (Å²) in [5, 5.41) is 13.8. The molecule has 4 aromatic rings. The first kappa shape index (κ1) is 23.2. The summed E-state index contributed by atoms with van der Waals surface area (Å²) in [5.41, 5.74) is 4.11. The number of carbonyl (C=O) groups is 2. The average molecular weight is 477 g/mol. The zero-order valence-electron chi connectivity index (χ0n) is 18.5. The van der Waals surface area contributed by atoms with Gasteiger partial charge in [0.05, 0.1) is 17.7 Å². The molecule has 7 nitrogen and oxygen atoms in total. The average Bonchev–Trinajstić information content (AvgIpc) is 3.19. The van der Waals surface area contributed by atoms with Crippen LogP contribution in [0, 0.1) is 6.92 Å². The summed E-state index contributed by atoms with van der Waals surface area (Å²) in [6.07, 6.45) is 2.34. The standard InChI is InChI=1S/C26H21ClN2O5/c1-15-22(12-24(30)33-16(2)21-8-3-4-9-23(21)27)25(34-29-15)18-7-5-6-17(10-18)19-11-20(26(31)32)14-28-13-19/h3-11,13-14,16H,12H2,1-2H3,(H,31,32). The molecule has 172 valence electrons. The number of carboxylic acid groups (broad SMARTS) is 1. The lowest BCUT2D eigenvalue weighted by atomic mass is 9.99. The van der Waals surface area contributed by atoms with Gasteiger partial charge in [-0.15, -0.1) is 0 Å². The van der Waals surface area contributed by atoms with E-state index in [2.05, 4.69) is 10.1 Å². The molecular formula is C26H21ClN2O5. The van der Waals surface area contributed by atoms with Crippen LogP contribution in [0.4, 0.5) is 0 Å². The SMILES string of the molecule is Cc1noc(-c2cccc(-c3cncc(C(=O)O)c3)c2)c1CC(=O)OC(C)c1ccccc1Cl. The monoisotopic (exact) mass is 476 g/mol. The van der Waals surface area contributed by atoms with Crippen LogP contribution >= 0.6 is 11.6 Å². The van der Waals surface area contributed by atoms with Gasteiger partial charge in [-0.3, -0.25) is 9.78 Å². The van der Waals surface area contributed by atoms with Crippen molar-refractivity contribution in [2.24, 2.45) is 0 Å². The van der Waals surface area contributed by atoms with Crippen molar-refractivity contribution in [3.05, 3.63) is 94.4 Å². The summed E-state index contributed by atoms with van der Waals surface area (Å²) in [6.45, 7) is 3.53. The number of hydrogen-bond acceptors (Lipinski definition) is 6. The van der Waals surface area contributed by atoms with Crippen molar-refractivity contribution in [1.82, 2.24) is 10.1 Å². The number of carbonyl (C=O) groups excluding carboxylic acids is 1. The van der Waals surface area contributed by atoms with Crippen LogP contribution in [0.1, 0.15) is 40.2 Å². The summed E-state index contributed by atoms with van der Waals surface area (Å²) in [7, 11) is 0. The maximum atomic E-state index is 12.7. The Morgan fingerprint density at radius 1 is 1.06 bits per heavy atom. The molecule has 0 bridgehead atoms. The number of aromatic carboxylic acids is 1. The highest BCUT2D eigenvalue weighted by Gasteiger charge is 2.21. The third-order valence-electron chi connectivity index (χ3n) is 5.40. The molecule has 1 unspecified atom stereocenters. The van der Waals surface area contributed by atoms with E-state index in [1.165, 1.54) is 6.20 Å². The van der Waals surface area contributed by atoms with Gasteiger partial charge in [0, 0.05) is 39.7 Å². The highest BCUT2D eigenvalue weighted by molar-refractivity contribution is 6.31. The molecule has 0 radical (unpaired) electrons. The Bertz CT molecular complexity index is 1360. The number of ether oxygens (including phenoxy) is 1. The number of aryl methyl sites for hydroxylation is 1. The van der Waals surface area contributed by atoms with E-state index in [1.54, 1.807) is 32.2 Å². The predicted molar refractivity (Wildman–Crippen MR) is 127 cm³/mol. The van der Waals surface area contributed by atoms with E-state index in [0.29, 0.717) is 33.2 Å². The molecule has 8 heteroatoms. The fourth-order valence-electron chi connectivity index (χ4n) is 3.63. The summed E-state index contributed by atoms with van der Waals surface area (Å²) in [4.78, 5) is 28.0. The van der Waals surface area contributed by atoms with E-state index >= 15 is 0 Å². The number of rotatable bonds is 7. The fourth-order valence-corrected chi connectivity index (χ4v) is 3.92. The number of nitrogens with zero attached hydrogens (tertiary/aromatic N) is 2. The van der Waals surface area contributed by atoms with E-state index in [9.17, 15) is 14.7 Å². The molecular weight excluding hydrogens is 456 g/mol. The molecule has 4 rings (SSSR count). The van der Waals surface area contributed by atoms with Crippen LogP contribution < -0.4 is 0 Å². The quantitative estimate of drug-likeness (QED) is 0.331. The van der Waals surface area contributed by atoms with E-state index in [-0.39, 0.29) is 12.0 Å². The first-order chi connectivity index (χ1) is 16.3. The normalized spacial score (nSPS) is 11.7. The Balaban J connectivity index is 1.58. The van der Waals surface area contributed by atoms with E-state index < -0.39 is 18.0 Å². The summed E-state index contributed by atoms with van der Waals surface area (Å²) >= 11 is 6.21. The van der Waals surface area contributed by atoms with Crippen molar-refractivity contribution in [1.29, 1.82) is 0 Å². The largest absolute Gasteiger partial charge is 0.478 e. The van der Waals surface area contributed by atoms with Gasteiger partial charge in [-0.2, -0.15) is 0 Å². The number of halogens is 1. The molecule has 34 heavy (non-hydrogen) atoms. The van der Waals surface area contributed by atoms with Crippen LogP contribution in [0.3, 0.4) is 0 Å². The van der Waals surface area contributed by atoms with Crippen molar-refractivity contribution in [3.63, 3.8) is 0 Å². The maximum Gasteiger partial charge on any atom is 0.337 e. The maximum absolute atomic E-state index is 12.7. The Hall–Kier alpha value is -3.97. The highest BCUT2D eigenvalue weighted by Crippen LogP contribution is 2.31. The molecule has 0 saturated heterocycles. The van der Waals surface area contributed by atoms with Gasteiger partial charge in [-0.25, -0.2) is 4.79 Å². The molecule has 0 aliphatic rings. The minimum absolute atomic E-state index is 0.0280. The van der Waals surface area contributed by atoms with Crippen molar-refractivity contribution >= 4 is 23.5 Å². The smallest absolute Gasteiger partial charge is 0.337 e. The van der Waals surface area contributed by atoms with Gasteiger partial charge in [0.2, 0.25) is 0 Å². The minimum Gasteiger partial charge on any atom is -0.478 e. The molecule has 0 fully saturated rings. The van der Waals surface area contributed by atoms with Crippen LogP contribution in [0.25, 0.3) is 22.5 Å². The van der Waals surface area contributed by atoms with Crippen molar-refractivity contribution in [2.45, 2.75) is 26.4 Å².